The molecule has 0 aromatic heterocycles. The van der Waals surface area contributed by atoms with E-state index in [-0.39, 0.29) is 5.91 Å². The van der Waals surface area contributed by atoms with Gasteiger partial charge in [-0.15, -0.1) is 0 Å². The van der Waals surface area contributed by atoms with Gasteiger partial charge in [-0.2, -0.15) is 0 Å². The van der Waals surface area contributed by atoms with E-state index in [1.54, 1.807) is 0 Å². The van der Waals surface area contributed by atoms with Gasteiger partial charge < -0.3 is 9.64 Å². The Bertz CT molecular complexity index is 639. The molecule has 1 amide bonds. The van der Waals surface area contributed by atoms with Crippen molar-refractivity contribution in [2.75, 3.05) is 18.1 Å². The number of carbonyl (C=O) groups excluding carboxylic acids is 1. The Hall–Kier alpha value is -1.81. The highest BCUT2D eigenvalue weighted by Crippen LogP contribution is 2.27. The smallest absolute Gasteiger partial charge is 0.227 e. The van der Waals surface area contributed by atoms with Crippen LogP contribution in [0.1, 0.15) is 12.0 Å². The average Bonchev–Trinajstić information content (AvgIpc) is 2.51. The fraction of sp³-hybridized carbons (Fsp3) is 0.235. The minimum absolute atomic E-state index is 0.174. The second-order valence-electron chi connectivity index (χ2n) is 4.98. The summed E-state index contributed by atoms with van der Waals surface area (Å²) in [5, 5.41) is 0. The van der Waals surface area contributed by atoms with Crippen molar-refractivity contribution in [3.05, 3.63) is 58.6 Å². The molecule has 2 aromatic carbocycles. The minimum Gasteiger partial charge on any atom is -0.492 e. The maximum atomic E-state index is 12.1. The number of amides is 1. The standard InChI is InChI=1S/C17H16BrNO2/c18-14-6-8-15(9-7-14)21-12-11-19-16-4-2-1-3-13(16)5-10-17(19)20/h1-4,6-9H,5,10-12H2. The molecular weight excluding hydrogens is 330 g/mol. The highest BCUT2D eigenvalue weighted by Gasteiger charge is 2.23. The Kier molecular flexibility index (Phi) is 4.25. The van der Waals surface area contributed by atoms with Gasteiger partial charge in [0.1, 0.15) is 12.4 Å². The quantitative estimate of drug-likeness (QED) is 0.843. The van der Waals surface area contributed by atoms with Gasteiger partial charge in [0.25, 0.3) is 0 Å². The van der Waals surface area contributed by atoms with Gasteiger partial charge in [-0.05, 0) is 42.3 Å². The molecule has 0 unspecified atom stereocenters. The van der Waals surface area contributed by atoms with Gasteiger partial charge in [0.05, 0.1) is 6.54 Å². The molecule has 1 aliphatic rings. The van der Waals surface area contributed by atoms with E-state index in [4.69, 9.17) is 4.74 Å². The summed E-state index contributed by atoms with van der Waals surface area (Å²) in [4.78, 5) is 13.9. The Labute approximate surface area is 132 Å². The zero-order valence-electron chi connectivity index (χ0n) is 11.6. The zero-order valence-corrected chi connectivity index (χ0v) is 13.2. The fourth-order valence-corrected chi connectivity index (χ4v) is 2.79. The molecule has 21 heavy (non-hydrogen) atoms. The Balaban J connectivity index is 1.65. The number of anilines is 1. The van der Waals surface area contributed by atoms with Crippen LogP contribution in [0.3, 0.4) is 0 Å². The molecule has 0 aliphatic carbocycles. The molecule has 0 N–H and O–H groups in total. The lowest BCUT2D eigenvalue weighted by Gasteiger charge is -2.29. The van der Waals surface area contributed by atoms with Gasteiger partial charge in [-0.3, -0.25) is 4.79 Å². The fourth-order valence-electron chi connectivity index (χ4n) is 2.53. The summed E-state index contributed by atoms with van der Waals surface area (Å²) in [7, 11) is 0. The SMILES string of the molecule is O=C1CCc2ccccc2N1CCOc1ccc(Br)cc1. The molecular formula is C17H16BrNO2. The summed E-state index contributed by atoms with van der Waals surface area (Å²) in [5.41, 5.74) is 2.26. The molecule has 4 heteroatoms. The first kappa shape index (κ1) is 14.1. The van der Waals surface area contributed by atoms with Crippen LogP contribution >= 0.6 is 15.9 Å². The number of nitrogens with zero attached hydrogens (tertiary/aromatic N) is 1. The summed E-state index contributed by atoms with van der Waals surface area (Å²) in [6, 6.07) is 15.8. The molecule has 0 saturated carbocycles. The molecule has 0 atom stereocenters. The number of hydrogen-bond acceptors (Lipinski definition) is 2. The molecule has 2 aromatic rings. The number of rotatable bonds is 4. The number of halogens is 1. The van der Waals surface area contributed by atoms with Crippen LogP contribution < -0.4 is 9.64 Å². The lowest BCUT2D eigenvalue weighted by atomic mass is 10.0. The van der Waals surface area contributed by atoms with E-state index >= 15 is 0 Å². The highest BCUT2D eigenvalue weighted by molar-refractivity contribution is 9.10. The summed E-state index contributed by atoms with van der Waals surface area (Å²) in [6.45, 7) is 1.06. The second kappa shape index (κ2) is 6.31. The van der Waals surface area contributed by atoms with Crippen LogP contribution in [0.5, 0.6) is 5.75 Å². The molecule has 1 heterocycles. The van der Waals surface area contributed by atoms with Crippen molar-refractivity contribution in [2.24, 2.45) is 0 Å². The number of benzene rings is 2. The maximum Gasteiger partial charge on any atom is 0.227 e. The number of aryl methyl sites for hydroxylation is 1. The lowest BCUT2D eigenvalue weighted by molar-refractivity contribution is -0.119. The molecule has 0 fully saturated rings. The molecule has 3 nitrogen and oxygen atoms in total. The van der Waals surface area contributed by atoms with Crippen LogP contribution in [0, 0.1) is 0 Å². The molecule has 0 saturated heterocycles. The van der Waals surface area contributed by atoms with Gasteiger partial charge in [0.2, 0.25) is 5.91 Å². The van der Waals surface area contributed by atoms with Crippen LogP contribution in [0.25, 0.3) is 0 Å². The van der Waals surface area contributed by atoms with Crippen LogP contribution in [0.4, 0.5) is 5.69 Å². The van der Waals surface area contributed by atoms with E-state index in [0.717, 1.165) is 22.3 Å². The first-order valence-electron chi connectivity index (χ1n) is 7.01. The molecule has 1 aliphatic heterocycles. The first-order chi connectivity index (χ1) is 10.2. The first-order valence-corrected chi connectivity index (χ1v) is 7.80. The number of carbonyl (C=O) groups is 1. The third-order valence-corrected chi connectivity index (χ3v) is 4.12. The summed E-state index contributed by atoms with van der Waals surface area (Å²) in [6.07, 6.45) is 1.41. The van der Waals surface area contributed by atoms with Gasteiger partial charge in [0, 0.05) is 16.6 Å². The second-order valence-corrected chi connectivity index (χ2v) is 5.89. The molecule has 3 rings (SSSR count). The zero-order chi connectivity index (χ0) is 14.7. The van der Waals surface area contributed by atoms with Crippen molar-refractivity contribution in [3.8, 4) is 5.75 Å². The van der Waals surface area contributed by atoms with Gasteiger partial charge in [-0.1, -0.05) is 34.1 Å². The van der Waals surface area contributed by atoms with E-state index in [9.17, 15) is 4.79 Å². The monoisotopic (exact) mass is 345 g/mol. The van der Waals surface area contributed by atoms with Crippen molar-refractivity contribution >= 4 is 27.5 Å². The van der Waals surface area contributed by atoms with Crippen molar-refractivity contribution in [2.45, 2.75) is 12.8 Å². The van der Waals surface area contributed by atoms with Gasteiger partial charge in [-0.25, -0.2) is 0 Å². The molecule has 0 spiro atoms. The summed E-state index contributed by atoms with van der Waals surface area (Å²) >= 11 is 3.39. The van der Waals surface area contributed by atoms with E-state index < -0.39 is 0 Å². The summed E-state index contributed by atoms with van der Waals surface area (Å²) < 4.78 is 6.74. The number of fused-ring (bicyclic) bond motifs is 1. The Morgan fingerprint density at radius 1 is 1.05 bits per heavy atom. The maximum absolute atomic E-state index is 12.1. The van der Waals surface area contributed by atoms with Crippen molar-refractivity contribution in [1.29, 1.82) is 0 Å². The molecule has 0 bridgehead atoms. The third kappa shape index (κ3) is 3.27. The van der Waals surface area contributed by atoms with Gasteiger partial charge in [0.15, 0.2) is 0 Å². The van der Waals surface area contributed by atoms with E-state index in [1.165, 1.54) is 5.56 Å². The Morgan fingerprint density at radius 3 is 2.62 bits per heavy atom. The Morgan fingerprint density at radius 2 is 1.81 bits per heavy atom. The number of hydrogen-bond donors (Lipinski definition) is 0. The largest absolute Gasteiger partial charge is 0.492 e. The predicted octanol–water partition coefficient (Wildman–Crippen LogP) is 3.81. The van der Waals surface area contributed by atoms with Crippen LogP contribution in [0.15, 0.2) is 53.0 Å². The highest BCUT2D eigenvalue weighted by atomic mass is 79.9. The molecule has 0 radical (unpaired) electrons. The predicted molar refractivity (Wildman–Crippen MR) is 86.8 cm³/mol. The average molecular weight is 346 g/mol. The number of para-hydroxylation sites is 1. The van der Waals surface area contributed by atoms with E-state index in [2.05, 4.69) is 22.0 Å². The van der Waals surface area contributed by atoms with Crippen LogP contribution in [-0.2, 0) is 11.2 Å². The summed E-state index contributed by atoms with van der Waals surface area (Å²) in [5.74, 6) is 0.990. The van der Waals surface area contributed by atoms with E-state index in [0.29, 0.717) is 19.6 Å². The van der Waals surface area contributed by atoms with E-state index in [1.807, 2.05) is 47.4 Å². The topological polar surface area (TPSA) is 29.5 Å². The minimum atomic E-state index is 0.174. The lowest BCUT2D eigenvalue weighted by Crippen LogP contribution is -2.38. The van der Waals surface area contributed by atoms with Gasteiger partial charge >= 0.3 is 0 Å². The molecule has 108 valence electrons. The third-order valence-electron chi connectivity index (χ3n) is 3.59. The van der Waals surface area contributed by atoms with Crippen molar-refractivity contribution < 1.29 is 9.53 Å². The van der Waals surface area contributed by atoms with Crippen LogP contribution in [0.2, 0.25) is 0 Å². The van der Waals surface area contributed by atoms with Crippen LogP contribution in [-0.4, -0.2) is 19.1 Å². The number of ether oxygens (including phenoxy) is 1. The normalized spacial score (nSPS) is 14.0. The van der Waals surface area contributed by atoms with Crippen molar-refractivity contribution in [1.82, 2.24) is 0 Å². The van der Waals surface area contributed by atoms with Crippen molar-refractivity contribution in [3.63, 3.8) is 0 Å².